The van der Waals surface area contributed by atoms with E-state index in [1.807, 2.05) is 30.3 Å². The number of primary amides is 1. The number of nitrogens with zero attached hydrogens (tertiary/aromatic N) is 2. The molecule has 7 heteroatoms. The number of nitrogens with two attached hydrogens (primary N) is 3. The van der Waals surface area contributed by atoms with Crippen molar-refractivity contribution in [3.63, 3.8) is 0 Å². The number of hydrogen-bond donors (Lipinski definition) is 3. The lowest BCUT2D eigenvalue weighted by Crippen LogP contribution is -2.21. The molecule has 0 spiro atoms. The van der Waals surface area contributed by atoms with E-state index < -0.39 is 18.0 Å². The summed E-state index contributed by atoms with van der Waals surface area (Å²) in [5, 5.41) is 7.67. The topological polar surface area (TPSA) is 134 Å². The molecule has 0 aliphatic heterocycles. The minimum absolute atomic E-state index is 0.0461. The van der Waals surface area contributed by atoms with Crippen molar-refractivity contribution in [1.29, 1.82) is 0 Å². The summed E-state index contributed by atoms with van der Waals surface area (Å²) in [6, 6.07) is 8.63. The number of aromatic nitrogens is 2. The van der Waals surface area contributed by atoms with E-state index >= 15 is 0 Å². The number of rotatable bonds is 6. The minimum Gasteiger partial charge on any atom is -0.422 e. The summed E-state index contributed by atoms with van der Waals surface area (Å²) in [6.07, 6.45) is 0.531. The van der Waals surface area contributed by atoms with Gasteiger partial charge in [-0.2, -0.15) is 0 Å². The molecule has 1 aromatic carbocycles. The van der Waals surface area contributed by atoms with Crippen molar-refractivity contribution >= 4 is 5.91 Å². The molecule has 0 radical (unpaired) electrons. The Bertz CT molecular complexity index is 569. The van der Waals surface area contributed by atoms with Crippen LogP contribution in [0.1, 0.15) is 35.8 Å². The molecular weight excluding hydrogens is 258 g/mol. The molecule has 0 aliphatic carbocycles. The maximum Gasteiger partial charge on any atom is 0.233 e. The largest absolute Gasteiger partial charge is 0.422 e. The second kappa shape index (κ2) is 6.27. The van der Waals surface area contributed by atoms with Crippen LogP contribution in [-0.2, 0) is 11.2 Å². The highest BCUT2D eigenvalue weighted by Crippen LogP contribution is 2.18. The maximum atomic E-state index is 10.8. The van der Waals surface area contributed by atoms with Crippen LogP contribution < -0.4 is 17.2 Å². The van der Waals surface area contributed by atoms with E-state index in [2.05, 4.69) is 10.2 Å². The fraction of sp³-hybridized carbons (Fsp3) is 0.308. The number of carbonyl (C=O) groups excluding carboxylic acids is 1. The van der Waals surface area contributed by atoms with Crippen LogP contribution in [0.25, 0.3) is 0 Å². The summed E-state index contributed by atoms with van der Waals surface area (Å²) in [7, 11) is 0. The van der Waals surface area contributed by atoms with Crippen molar-refractivity contribution in [2.45, 2.75) is 24.9 Å². The molecular formula is C13H17N5O2. The Morgan fingerprint density at radius 2 is 1.70 bits per heavy atom. The molecule has 1 amide bonds. The van der Waals surface area contributed by atoms with Gasteiger partial charge in [-0.15, -0.1) is 10.2 Å². The smallest absolute Gasteiger partial charge is 0.233 e. The van der Waals surface area contributed by atoms with Crippen molar-refractivity contribution in [1.82, 2.24) is 10.2 Å². The second-order valence-corrected chi connectivity index (χ2v) is 4.55. The van der Waals surface area contributed by atoms with E-state index in [0.717, 1.165) is 5.56 Å². The summed E-state index contributed by atoms with van der Waals surface area (Å²) in [6.45, 7) is 0. The van der Waals surface area contributed by atoms with Gasteiger partial charge in [0.15, 0.2) is 0 Å². The second-order valence-electron chi connectivity index (χ2n) is 4.55. The molecule has 1 heterocycles. The molecule has 2 rings (SSSR count). The highest BCUT2D eigenvalue weighted by Gasteiger charge is 2.20. The standard InChI is InChI=1S/C13H17N5O2/c14-9(6-8-4-2-1-3-5-8)12-17-18-13(20-12)10(15)7-11(16)19/h1-5,9-10H,6-7,14-15H2,(H2,16,19)/t9-,10-/m0/s1. The van der Waals surface area contributed by atoms with Crippen LogP contribution in [0.3, 0.4) is 0 Å². The number of carbonyl (C=O) groups is 1. The highest BCUT2D eigenvalue weighted by molar-refractivity contribution is 5.74. The van der Waals surface area contributed by atoms with E-state index in [-0.39, 0.29) is 12.3 Å². The molecule has 0 bridgehead atoms. The number of benzene rings is 1. The van der Waals surface area contributed by atoms with Crippen LogP contribution in [0.4, 0.5) is 0 Å². The Labute approximate surface area is 116 Å². The van der Waals surface area contributed by atoms with Gasteiger partial charge in [0.05, 0.1) is 18.5 Å². The molecule has 0 aliphatic rings. The zero-order valence-electron chi connectivity index (χ0n) is 10.9. The summed E-state index contributed by atoms with van der Waals surface area (Å²) in [5.74, 6) is -0.0584. The first kappa shape index (κ1) is 14.2. The van der Waals surface area contributed by atoms with Gasteiger partial charge in [-0.05, 0) is 12.0 Å². The van der Waals surface area contributed by atoms with Gasteiger partial charge in [0.25, 0.3) is 0 Å². The van der Waals surface area contributed by atoms with Gasteiger partial charge < -0.3 is 21.6 Å². The normalized spacial score (nSPS) is 13.9. The Morgan fingerprint density at radius 1 is 1.10 bits per heavy atom. The predicted octanol–water partition coefficient (Wildman–Crippen LogP) is 0.187. The van der Waals surface area contributed by atoms with Gasteiger partial charge in [0.2, 0.25) is 17.7 Å². The van der Waals surface area contributed by atoms with Gasteiger partial charge in [-0.3, -0.25) is 4.79 Å². The SMILES string of the molecule is NC(=O)C[C@H](N)c1nnc([C@@H](N)Cc2ccccc2)o1. The van der Waals surface area contributed by atoms with Crippen molar-refractivity contribution in [2.24, 2.45) is 17.2 Å². The van der Waals surface area contributed by atoms with Crippen LogP contribution >= 0.6 is 0 Å². The average Bonchev–Trinajstić information content (AvgIpc) is 2.89. The zero-order valence-corrected chi connectivity index (χ0v) is 10.9. The van der Waals surface area contributed by atoms with Crippen LogP contribution in [0.2, 0.25) is 0 Å². The predicted molar refractivity (Wildman–Crippen MR) is 72.1 cm³/mol. The zero-order chi connectivity index (χ0) is 14.5. The van der Waals surface area contributed by atoms with Crippen LogP contribution in [0.5, 0.6) is 0 Å². The monoisotopic (exact) mass is 275 g/mol. The molecule has 20 heavy (non-hydrogen) atoms. The fourth-order valence-corrected chi connectivity index (χ4v) is 1.81. The molecule has 0 saturated carbocycles. The van der Waals surface area contributed by atoms with Crippen molar-refractivity contribution in [2.75, 3.05) is 0 Å². The van der Waals surface area contributed by atoms with Crippen molar-refractivity contribution in [3.05, 3.63) is 47.7 Å². The van der Waals surface area contributed by atoms with Crippen molar-refractivity contribution in [3.8, 4) is 0 Å². The third kappa shape index (κ3) is 3.62. The van der Waals surface area contributed by atoms with E-state index in [0.29, 0.717) is 12.3 Å². The first-order valence-corrected chi connectivity index (χ1v) is 6.23. The average molecular weight is 275 g/mol. The van der Waals surface area contributed by atoms with Crippen LogP contribution in [0, 0.1) is 0 Å². The Kier molecular flexibility index (Phi) is 4.44. The summed E-state index contributed by atoms with van der Waals surface area (Å²) < 4.78 is 5.40. The van der Waals surface area contributed by atoms with Gasteiger partial charge in [-0.1, -0.05) is 30.3 Å². The molecule has 0 unspecified atom stereocenters. The summed E-state index contributed by atoms with van der Waals surface area (Å²) in [5.41, 5.74) is 17.9. The molecule has 2 aromatic rings. The van der Waals surface area contributed by atoms with Gasteiger partial charge >= 0.3 is 0 Å². The molecule has 106 valence electrons. The van der Waals surface area contributed by atoms with Gasteiger partial charge in [-0.25, -0.2) is 0 Å². The van der Waals surface area contributed by atoms with E-state index in [4.69, 9.17) is 21.6 Å². The first-order chi connectivity index (χ1) is 9.56. The number of amides is 1. The quantitative estimate of drug-likeness (QED) is 0.688. The van der Waals surface area contributed by atoms with Crippen LogP contribution in [-0.4, -0.2) is 16.1 Å². The van der Waals surface area contributed by atoms with E-state index in [1.165, 1.54) is 0 Å². The lowest BCUT2D eigenvalue weighted by Gasteiger charge is -2.07. The molecule has 1 aromatic heterocycles. The third-order valence-corrected chi connectivity index (χ3v) is 2.81. The number of hydrogen-bond acceptors (Lipinski definition) is 6. The van der Waals surface area contributed by atoms with Gasteiger partial charge in [0, 0.05) is 0 Å². The molecule has 2 atom stereocenters. The molecule has 0 saturated heterocycles. The Balaban J connectivity index is 2.03. The molecule has 0 fully saturated rings. The lowest BCUT2D eigenvalue weighted by atomic mass is 10.1. The molecule has 7 nitrogen and oxygen atoms in total. The van der Waals surface area contributed by atoms with Crippen LogP contribution in [0.15, 0.2) is 34.7 Å². The Hall–Kier alpha value is -2.25. The maximum absolute atomic E-state index is 10.8. The minimum atomic E-state index is -0.697. The first-order valence-electron chi connectivity index (χ1n) is 6.23. The summed E-state index contributed by atoms with van der Waals surface area (Å²) >= 11 is 0. The fourth-order valence-electron chi connectivity index (χ4n) is 1.81. The van der Waals surface area contributed by atoms with E-state index in [1.54, 1.807) is 0 Å². The third-order valence-electron chi connectivity index (χ3n) is 2.81. The molecule has 6 N–H and O–H groups in total. The highest BCUT2D eigenvalue weighted by atomic mass is 16.4. The lowest BCUT2D eigenvalue weighted by molar-refractivity contribution is -0.118. The van der Waals surface area contributed by atoms with Crippen molar-refractivity contribution < 1.29 is 9.21 Å². The van der Waals surface area contributed by atoms with Gasteiger partial charge in [0.1, 0.15) is 0 Å². The summed E-state index contributed by atoms with van der Waals surface area (Å²) in [4.78, 5) is 10.8. The van der Waals surface area contributed by atoms with E-state index in [9.17, 15) is 4.79 Å². The Morgan fingerprint density at radius 3 is 2.30 bits per heavy atom.